The molecule has 20 heavy (non-hydrogen) atoms. The number of aliphatic hydroxyl groups is 1. The molecule has 1 heterocycles. The van der Waals surface area contributed by atoms with Crippen LogP contribution in [0, 0.1) is 12.8 Å². The van der Waals surface area contributed by atoms with Gasteiger partial charge in [0.2, 0.25) is 10.0 Å². The Labute approximate surface area is 120 Å². The molecule has 0 atom stereocenters. The average molecular weight is 301 g/mol. The molecule has 6 heteroatoms. The summed E-state index contributed by atoms with van der Waals surface area (Å²) in [6.45, 7) is 6.06. The quantitative estimate of drug-likeness (QED) is 0.838. The van der Waals surface area contributed by atoms with Gasteiger partial charge in [-0.2, -0.15) is 4.31 Å². The van der Waals surface area contributed by atoms with Gasteiger partial charge in [-0.05, 0) is 32.1 Å². The van der Waals surface area contributed by atoms with E-state index in [0.29, 0.717) is 24.0 Å². The lowest BCUT2D eigenvalue weighted by atomic mass is 10.1. The van der Waals surface area contributed by atoms with Crippen LogP contribution in [0.3, 0.4) is 0 Å². The van der Waals surface area contributed by atoms with Crippen molar-refractivity contribution in [1.29, 1.82) is 0 Å². The Morgan fingerprint density at radius 3 is 2.55 bits per heavy atom. The van der Waals surface area contributed by atoms with Gasteiger partial charge < -0.3 is 9.52 Å². The summed E-state index contributed by atoms with van der Waals surface area (Å²) < 4.78 is 32.4. The largest absolute Gasteiger partial charge is 0.462 e. The van der Waals surface area contributed by atoms with Gasteiger partial charge in [-0.1, -0.05) is 13.8 Å². The molecule has 2 rings (SSSR count). The van der Waals surface area contributed by atoms with E-state index in [1.54, 1.807) is 11.2 Å². The molecule has 5 nitrogen and oxygen atoms in total. The predicted octanol–water partition coefficient (Wildman–Crippen LogP) is 2.28. The smallest absolute Gasteiger partial charge is 0.246 e. The minimum atomic E-state index is -3.52. The SMILES string of the molecule is Cc1oc(CO)cc1S(=O)(=O)N(CCC(C)C)C1CC1. The molecule has 0 bridgehead atoms. The van der Waals surface area contributed by atoms with Crippen LogP contribution in [0.15, 0.2) is 15.4 Å². The normalized spacial score (nSPS) is 16.3. The standard InChI is InChI=1S/C14H23NO4S/c1-10(2)6-7-15(12-4-5-12)20(17,18)14-8-13(9-16)19-11(14)3/h8,10,12,16H,4-7,9H2,1-3H3. The third-order valence-electron chi connectivity index (χ3n) is 3.55. The Bertz CT molecular complexity index is 558. The van der Waals surface area contributed by atoms with Gasteiger partial charge in [0.15, 0.2) is 0 Å². The van der Waals surface area contributed by atoms with Crippen molar-refractivity contribution in [3.05, 3.63) is 17.6 Å². The lowest BCUT2D eigenvalue weighted by Gasteiger charge is -2.22. The van der Waals surface area contributed by atoms with Crippen LogP contribution in [0.4, 0.5) is 0 Å². The topological polar surface area (TPSA) is 70.8 Å². The van der Waals surface area contributed by atoms with Crippen LogP contribution in [-0.4, -0.2) is 30.4 Å². The first-order valence-electron chi connectivity index (χ1n) is 7.08. The molecule has 1 aromatic rings. The maximum absolute atomic E-state index is 12.8. The van der Waals surface area contributed by atoms with Gasteiger partial charge in [-0.25, -0.2) is 8.42 Å². The summed E-state index contributed by atoms with van der Waals surface area (Å²) in [4.78, 5) is 0.192. The number of hydrogen-bond donors (Lipinski definition) is 1. The highest BCUT2D eigenvalue weighted by Crippen LogP contribution is 2.34. The zero-order valence-electron chi connectivity index (χ0n) is 12.3. The van der Waals surface area contributed by atoms with Crippen LogP contribution < -0.4 is 0 Å². The monoisotopic (exact) mass is 301 g/mol. The second-order valence-corrected chi connectivity index (χ2v) is 7.68. The van der Waals surface area contributed by atoms with Crippen molar-refractivity contribution in [3.63, 3.8) is 0 Å². The minimum Gasteiger partial charge on any atom is -0.462 e. The van der Waals surface area contributed by atoms with Crippen molar-refractivity contribution < 1.29 is 17.9 Å². The molecule has 0 spiro atoms. The summed E-state index contributed by atoms with van der Waals surface area (Å²) in [5.41, 5.74) is 0. The fraction of sp³-hybridized carbons (Fsp3) is 0.714. The summed E-state index contributed by atoms with van der Waals surface area (Å²) in [6.07, 6.45) is 2.71. The predicted molar refractivity (Wildman–Crippen MR) is 75.7 cm³/mol. The molecule has 0 radical (unpaired) electrons. The molecule has 1 aromatic heterocycles. The van der Waals surface area contributed by atoms with Gasteiger partial charge in [0, 0.05) is 18.7 Å². The number of sulfonamides is 1. The zero-order chi connectivity index (χ0) is 14.9. The van der Waals surface area contributed by atoms with Crippen LogP contribution in [0.25, 0.3) is 0 Å². The van der Waals surface area contributed by atoms with Gasteiger partial charge in [-0.3, -0.25) is 0 Å². The summed E-state index contributed by atoms with van der Waals surface area (Å²) in [5.74, 6) is 1.11. The van der Waals surface area contributed by atoms with Crippen LogP contribution in [0.5, 0.6) is 0 Å². The lowest BCUT2D eigenvalue weighted by Crippen LogP contribution is -2.34. The van der Waals surface area contributed by atoms with Gasteiger partial charge in [0.25, 0.3) is 0 Å². The van der Waals surface area contributed by atoms with Crippen LogP contribution >= 0.6 is 0 Å². The minimum absolute atomic E-state index is 0.130. The van der Waals surface area contributed by atoms with Crippen molar-refractivity contribution in [1.82, 2.24) is 4.31 Å². The van der Waals surface area contributed by atoms with Crippen molar-refractivity contribution in [2.75, 3.05) is 6.54 Å². The second-order valence-electron chi connectivity index (χ2n) is 5.82. The molecule has 1 saturated carbocycles. The Morgan fingerprint density at radius 1 is 1.45 bits per heavy atom. The Kier molecular flexibility index (Phi) is 4.56. The fourth-order valence-corrected chi connectivity index (χ4v) is 4.12. The molecular weight excluding hydrogens is 278 g/mol. The van der Waals surface area contributed by atoms with E-state index in [-0.39, 0.29) is 17.5 Å². The maximum atomic E-state index is 12.8. The van der Waals surface area contributed by atoms with Crippen molar-refractivity contribution in [2.24, 2.45) is 5.92 Å². The highest BCUT2D eigenvalue weighted by Gasteiger charge is 2.39. The van der Waals surface area contributed by atoms with Gasteiger partial charge in [0.05, 0.1) is 0 Å². The van der Waals surface area contributed by atoms with E-state index < -0.39 is 10.0 Å². The van der Waals surface area contributed by atoms with Gasteiger partial charge in [-0.15, -0.1) is 0 Å². The molecular formula is C14H23NO4S. The Hall–Kier alpha value is -0.850. The molecule has 1 aliphatic carbocycles. The lowest BCUT2D eigenvalue weighted by molar-refractivity contribution is 0.244. The van der Waals surface area contributed by atoms with Crippen LogP contribution in [-0.2, 0) is 16.6 Å². The fourth-order valence-electron chi connectivity index (χ4n) is 2.23. The number of furan rings is 1. The number of aliphatic hydroxyl groups excluding tert-OH is 1. The first-order valence-corrected chi connectivity index (χ1v) is 8.52. The molecule has 1 fully saturated rings. The highest BCUT2D eigenvalue weighted by molar-refractivity contribution is 7.89. The molecule has 1 N–H and O–H groups in total. The van der Waals surface area contributed by atoms with E-state index in [0.717, 1.165) is 19.3 Å². The van der Waals surface area contributed by atoms with Crippen LogP contribution in [0.2, 0.25) is 0 Å². The number of aryl methyl sites for hydroxylation is 1. The van der Waals surface area contributed by atoms with Crippen molar-refractivity contribution in [2.45, 2.75) is 57.6 Å². The van der Waals surface area contributed by atoms with Crippen molar-refractivity contribution >= 4 is 10.0 Å². The highest BCUT2D eigenvalue weighted by atomic mass is 32.2. The number of rotatable bonds is 7. The van der Waals surface area contributed by atoms with E-state index in [1.165, 1.54) is 6.07 Å². The maximum Gasteiger partial charge on any atom is 0.246 e. The van der Waals surface area contributed by atoms with Gasteiger partial charge in [0.1, 0.15) is 23.0 Å². The molecule has 0 saturated heterocycles. The first kappa shape index (κ1) is 15.5. The molecule has 0 aliphatic heterocycles. The van der Waals surface area contributed by atoms with E-state index in [1.807, 2.05) is 0 Å². The first-order chi connectivity index (χ1) is 9.36. The zero-order valence-corrected chi connectivity index (χ0v) is 13.1. The Morgan fingerprint density at radius 2 is 2.10 bits per heavy atom. The molecule has 114 valence electrons. The summed E-state index contributed by atoms with van der Waals surface area (Å²) in [5, 5.41) is 9.08. The average Bonchev–Trinajstić information content (AvgIpc) is 3.10. The summed E-state index contributed by atoms with van der Waals surface area (Å²) in [7, 11) is -3.52. The second kappa shape index (κ2) is 5.87. The van der Waals surface area contributed by atoms with E-state index >= 15 is 0 Å². The summed E-state index contributed by atoms with van der Waals surface area (Å²) in [6, 6.07) is 1.57. The van der Waals surface area contributed by atoms with E-state index in [4.69, 9.17) is 9.52 Å². The number of nitrogens with zero attached hydrogens (tertiary/aromatic N) is 1. The molecule has 0 aromatic carbocycles. The molecule has 0 amide bonds. The molecule has 0 unspecified atom stereocenters. The summed E-state index contributed by atoms with van der Waals surface area (Å²) >= 11 is 0. The van der Waals surface area contributed by atoms with Crippen LogP contribution in [0.1, 0.15) is 44.6 Å². The molecule has 1 aliphatic rings. The third-order valence-corrected chi connectivity index (χ3v) is 5.61. The Balaban J connectivity index is 2.27. The number of hydrogen-bond acceptors (Lipinski definition) is 4. The van der Waals surface area contributed by atoms with E-state index in [2.05, 4.69) is 13.8 Å². The third kappa shape index (κ3) is 3.24. The van der Waals surface area contributed by atoms with Crippen molar-refractivity contribution in [3.8, 4) is 0 Å². The van der Waals surface area contributed by atoms with Gasteiger partial charge >= 0.3 is 0 Å². The van der Waals surface area contributed by atoms with E-state index in [9.17, 15) is 8.42 Å².